The molecule has 0 radical (unpaired) electrons. The van der Waals surface area contributed by atoms with E-state index in [1.807, 2.05) is 38.1 Å². The number of nitrogens with one attached hydrogen (secondary N) is 2. The highest BCUT2D eigenvalue weighted by atomic mass is 16.1. The molecule has 0 spiro atoms. The Morgan fingerprint density at radius 1 is 1.26 bits per heavy atom. The van der Waals surface area contributed by atoms with Gasteiger partial charge in [0.25, 0.3) is 0 Å². The summed E-state index contributed by atoms with van der Waals surface area (Å²) in [6.45, 7) is 7.66. The quantitative estimate of drug-likeness (QED) is 0.600. The van der Waals surface area contributed by atoms with E-state index in [0.717, 1.165) is 30.2 Å². The first-order valence-corrected chi connectivity index (χ1v) is 8.29. The van der Waals surface area contributed by atoms with Gasteiger partial charge in [-0.2, -0.15) is 0 Å². The number of guanidine groups is 1. The molecule has 2 N–H and O–H groups in total. The monoisotopic (exact) mass is 318 g/mol. The third-order valence-corrected chi connectivity index (χ3v) is 3.62. The number of unbranched alkanes of at least 4 members (excludes halogenated alkanes) is 1. The lowest BCUT2D eigenvalue weighted by Crippen LogP contribution is -2.38. The third-order valence-electron chi connectivity index (χ3n) is 3.62. The van der Waals surface area contributed by atoms with Gasteiger partial charge in [0.05, 0.1) is 0 Å². The summed E-state index contributed by atoms with van der Waals surface area (Å²) in [5, 5.41) is 6.26. The van der Waals surface area contributed by atoms with Crippen molar-refractivity contribution in [2.24, 2.45) is 10.9 Å². The Morgan fingerprint density at radius 3 is 2.43 bits per heavy atom. The minimum atomic E-state index is -0.0154. The number of carbonyl (C=O) groups is 1. The molecular formula is C18H30N4O. The Kier molecular flexibility index (Phi) is 8.16. The lowest BCUT2D eigenvalue weighted by atomic mass is 10.1. The molecule has 0 unspecified atom stereocenters. The molecule has 0 atom stereocenters. The minimum Gasteiger partial charge on any atom is -0.352 e. The van der Waals surface area contributed by atoms with Gasteiger partial charge >= 0.3 is 0 Å². The Labute approximate surface area is 140 Å². The van der Waals surface area contributed by atoms with Gasteiger partial charge in [0.2, 0.25) is 5.91 Å². The summed E-state index contributed by atoms with van der Waals surface area (Å²) in [7, 11) is 3.85. The number of carbonyl (C=O) groups excluding carboxylic acids is 1. The standard InChI is InChI=1S/C18H30N4O/c1-6-7-12-22(5)18(19-4)20-13-15-8-10-16(11-9-15)21-17(23)14(2)3/h8-11,14H,6-7,12-13H2,1-5H3,(H,19,20)(H,21,23). The molecule has 0 aliphatic rings. The van der Waals surface area contributed by atoms with Crippen LogP contribution < -0.4 is 10.6 Å². The van der Waals surface area contributed by atoms with Gasteiger partial charge in [0.15, 0.2) is 5.96 Å². The fraction of sp³-hybridized carbons (Fsp3) is 0.556. The van der Waals surface area contributed by atoms with Crippen LogP contribution in [0, 0.1) is 5.92 Å². The second-order valence-electron chi connectivity index (χ2n) is 6.02. The Balaban J connectivity index is 2.53. The van der Waals surface area contributed by atoms with Crippen molar-refractivity contribution in [1.29, 1.82) is 0 Å². The highest BCUT2D eigenvalue weighted by Gasteiger charge is 2.07. The van der Waals surface area contributed by atoms with Crippen molar-refractivity contribution in [2.45, 2.75) is 40.2 Å². The van der Waals surface area contributed by atoms with Crippen molar-refractivity contribution in [2.75, 3.05) is 26.0 Å². The Hall–Kier alpha value is -2.04. The fourth-order valence-corrected chi connectivity index (χ4v) is 2.06. The summed E-state index contributed by atoms with van der Waals surface area (Å²) in [6, 6.07) is 7.90. The summed E-state index contributed by atoms with van der Waals surface area (Å²) in [4.78, 5) is 18.1. The zero-order valence-electron chi connectivity index (χ0n) is 15.0. The topological polar surface area (TPSA) is 56.7 Å². The average Bonchev–Trinajstić information content (AvgIpc) is 2.54. The van der Waals surface area contributed by atoms with Crippen LogP contribution in [0.15, 0.2) is 29.3 Å². The molecule has 0 bridgehead atoms. The first-order valence-electron chi connectivity index (χ1n) is 8.29. The van der Waals surface area contributed by atoms with Crippen molar-refractivity contribution in [3.05, 3.63) is 29.8 Å². The van der Waals surface area contributed by atoms with Gasteiger partial charge in [-0.15, -0.1) is 0 Å². The number of nitrogens with zero attached hydrogens (tertiary/aromatic N) is 2. The van der Waals surface area contributed by atoms with Crippen LogP contribution in [0.25, 0.3) is 0 Å². The van der Waals surface area contributed by atoms with Crippen LogP contribution in [-0.4, -0.2) is 37.4 Å². The minimum absolute atomic E-state index is 0.0154. The molecule has 1 aromatic rings. The average molecular weight is 318 g/mol. The summed E-state index contributed by atoms with van der Waals surface area (Å²) in [5.74, 6) is 0.919. The predicted molar refractivity (Wildman–Crippen MR) is 97.6 cm³/mol. The molecule has 0 fully saturated rings. The zero-order valence-corrected chi connectivity index (χ0v) is 15.0. The normalized spacial score (nSPS) is 11.5. The molecule has 0 saturated heterocycles. The number of aliphatic imine (C=N–C) groups is 1. The Bertz CT molecular complexity index is 508. The van der Waals surface area contributed by atoms with E-state index in [-0.39, 0.29) is 11.8 Å². The number of benzene rings is 1. The van der Waals surface area contributed by atoms with E-state index < -0.39 is 0 Å². The van der Waals surface area contributed by atoms with Crippen molar-refractivity contribution in [3.8, 4) is 0 Å². The highest BCUT2D eigenvalue weighted by Crippen LogP contribution is 2.11. The van der Waals surface area contributed by atoms with Gasteiger partial charge < -0.3 is 15.5 Å². The van der Waals surface area contributed by atoms with E-state index in [1.54, 1.807) is 7.05 Å². The number of hydrogen-bond acceptors (Lipinski definition) is 2. The predicted octanol–water partition coefficient (Wildman–Crippen LogP) is 3.09. The molecule has 0 aromatic heterocycles. The first-order chi connectivity index (χ1) is 11.0. The molecular weight excluding hydrogens is 288 g/mol. The smallest absolute Gasteiger partial charge is 0.226 e. The van der Waals surface area contributed by atoms with Crippen LogP contribution in [0.5, 0.6) is 0 Å². The summed E-state index contributed by atoms with van der Waals surface area (Å²) < 4.78 is 0. The molecule has 0 aliphatic heterocycles. The SMILES string of the molecule is CCCCN(C)C(=NC)NCc1ccc(NC(=O)C(C)C)cc1. The number of rotatable bonds is 7. The second-order valence-corrected chi connectivity index (χ2v) is 6.02. The molecule has 1 rings (SSSR count). The number of amides is 1. The molecule has 5 nitrogen and oxygen atoms in total. The highest BCUT2D eigenvalue weighted by molar-refractivity contribution is 5.92. The van der Waals surface area contributed by atoms with Gasteiger partial charge in [-0.1, -0.05) is 39.3 Å². The van der Waals surface area contributed by atoms with Crippen molar-refractivity contribution < 1.29 is 4.79 Å². The molecule has 23 heavy (non-hydrogen) atoms. The maximum Gasteiger partial charge on any atom is 0.226 e. The molecule has 128 valence electrons. The van der Waals surface area contributed by atoms with Crippen LogP contribution in [-0.2, 0) is 11.3 Å². The first kappa shape index (κ1) is 19.0. The third kappa shape index (κ3) is 6.72. The maximum absolute atomic E-state index is 11.7. The van der Waals surface area contributed by atoms with Crippen LogP contribution in [0.4, 0.5) is 5.69 Å². The van der Waals surface area contributed by atoms with Crippen molar-refractivity contribution >= 4 is 17.6 Å². The lowest BCUT2D eigenvalue weighted by molar-refractivity contribution is -0.118. The fourth-order valence-electron chi connectivity index (χ4n) is 2.06. The molecule has 0 saturated carbocycles. The van der Waals surface area contributed by atoms with Crippen molar-refractivity contribution in [3.63, 3.8) is 0 Å². The molecule has 5 heteroatoms. The van der Waals surface area contributed by atoms with Crippen molar-refractivity contribution in [1.82, 2.24) is 10.2 Å². The van der Waals surface area contributed by atoms with Gasteiger partial charge in [-0.05, 0) is 24.1 Å². The van der Waals surface area contributed by atoms with E-state index in [0.29, 0.717) is 6.54 Å². The van der Waals surface area contributed by atoms with E-state index >= 15 is 0 Å². The van der Waals surface area contributed by atoms with Gasteiger partial charge in [0.1, 0.15) is 0 Å². The lowest BCUT2D eigenvalue weighted by Gasteiger charge is -2.21. The van der Waals surface area contributed by atoms with E-state index in [1.165, 1.54) is 6.42 Å². The second kappa shape index (κ2) is 9.87. The van der Waals surface area contributed by atoms with Crippen LogP contribution in [0.1, 0.15) is 39.2 Å². The summed E-state index contributed by atoms with van der Waals surface area (Å²) in [5.41, 5.74) is 1.98. The van der Waals surface area contributed by atoms with Crippen LogP contribution in [0.3, 0.4) is 0 Å². The van der Waals surface area contributed by atoms with Gasteiger partial charge in [-0.25, -0.2) is 0 Å². The molecule has 0 heterocycles. The number of anilines is 1. The largest absolute Gasteiger partial charge is 0.352 e. The van der Waals surface area contributed by atoms with Gasteiger partial charge in [0, 0.05) is 38.8 Å². The molecule has 1 aromatic carbocycles. The molecule has 1 amide bonds. The number of hydrogen-bond donors (Lipinski definition) is 2. The summed E-state index contributed by atoms with van der Waals surface area (Å²) in [6.07, 6.45) is 2.33. The Morgan fingerprint density at radius 2 is 1.91 bits per heavy atom. The van der Waals surface area contributed by atoms with E-state index in [9.17, 15) is 4.79 Å². The van der Waals surface area contributed by atoms with Crippen LogP contribution >= 0.6 is 0 Å². The van der Waals surface area contributed by atoms with E-state index in [4.69, 9.17) is 0 Å². The molecule has 0 aliphatic carbocycles. The van der Waals surface area contributed by atoms with Gasteiger partial charge in [-0.3, -0.25) is 9.79 Å². The maximum atomic E-state index is 11.7. The zero-order chi connectivity index (χ0) is 17.2. The van der Waals surface area contributed by atoms with Crippen LogP contribution in [0.2, 0.25) is 0 Å². The summed E-state index contributed by atoms with van der Waals surface area (Å²) >= 11 is 0. The van der Waals surface area contributed by atoms with E-state index in [2.05, 4.69) is 34.5 Å².